The van der Waals surface area contributed by atoms with Crippen LogP contribution in [-0.2, 0) is 9.53 Å². The molecule has 7 nitrogen and oxygen atoms in total. The predicted molar refractivity (Wildman–Crippen MR) is 72.4 cm³/mol. The van der Waals surface area contributed by atoms with Crippen molar-refractivity contribution in [1.82, 2.24) is 10.2 Å². The predicted octanol–water partition coefficient (Wildman–Crippen LogP) is 0.277. The summed E-state index contributed by atoms with van der Waals surface area (Å²) in [5.74, 6) is -0.865. The molecule has 0 aromatic rings. The molecule has 1 aliphatic heterocycles. The van der Waals surface area contributed by atoms with E-state index in [1.807, 2.05) is 20.8 Å². The zero-order valence-electron chi connectivity index (χ0n) is 12.2. The van der Waals surface area contributed by atoms with Crippen LogP contribution in [0.25, 0.3) is 0 Å². The second-order valence-electron chi connectivity index (χ2n) is 5.61. The van der Waals surface area contributed by atoms with Crippen molar-refractivity contribution in [3.8, 4) is 0 Å². The van der Waals surface area contributed by atoms with Crippen molar-refractivity contribution in [2.75, 3.05) is 19.8 Å². The molecule has 7 heteroatoms. The van der Waals surface area contributed by atoms with Gasteiger partial charge in [0.25, 0.3) is 0 Å². The number of carboxylic acid groups (broad SMARTS) is 1. The summed E-state index contributed by atoms with van der Waals surface area (Å²) in [4.78, 5) is 24.9. The average Bonchev–Trinajstić information content (AvgIpc) is 2.37. The summed E-state index contributed by atoms with van der Waals surface area (Å²) in [6.45, 7) is 6.07. The molecule has 2 unspecified atom stereocenters. The summed E-state index contributed by atoms with van der Waals surface area (Å²) in [5, 5.41) is 20.8. The van der Waals surface area contributed by atoms with E-state index in [1.165, 1.54) is 4.90 Å². The fraction of sp³-hybridized carbons (Fsp3) is 0.846. The number of morpholine rings is 1. The van der Waals surface area contributed by atoms with Crippen molar-refractivity contribution in [3.05, 3.63) is 0 Å². The number of rotatable bonds is 5. The Morgan fingerprint density at radius 3 is 2.60 bits per heavy atom. The highest BCUT2D eigenvalue weighted by molar-refractivity contribution is 5.82. The van der Waals surface area contributed by atoms with Crippen LogP contribution in [-0.4, -0.2) is 65.1 Å². The number of aliphatic carboxylic acids is 1. The molecule has 1 fully saturated rings. The van der Waals surface area contributed by atoms with Crippen LogP contribution in [0.5, 0.6) is 0 Å². The molecule has 0 aromatic carbocycles. The van der Waals surface area contributed by atoms with Crippen molar-refractivity contribution in [2.24, 2.45) is 5.92 Å². The molecule has 2 amide bonds. The first-order valence-corrected chi connectivity index (χ1v) is 6.87. The van der Waals surface area contributed by atoms with Crippen molar-refractivity contribution >= 4 is 12.0 Å². The second-order valence-corrected chi connectivity index (χ2v) is 5.61. The number of aliphatic hydroxyl groups is 1. The molecule has 116 valence electrons. The number of hydrogen-bond acceptors (Lipinski definition) is 4. The first kappa shape index (κ1) is 16.7. The second kappa shape index (κ2) is 7.44. The smallest absolute Gasteiger partial charge is 0.326 e. The monoisotopic (exact) mass is 288 g/mol. The first-order chi connectivity index (χ1) is 9.35. The van der Waals surface area contributed by atoms with Gasteiger partial charge in [0.15, 0.2) is 0 Å². The number of ether oxygens (including phenoxy) is 1. The van der Waals surface area contributed by atoms with Crippen LogP contribution in [0.1, 0.15) is 27.2 Å². The Kier molecular flexibility index (Phi) is 6.22. The fourth-order valence-corrected chi connectivity index (χ4v) is 2.14. The molecule has 3 N–H and O–H groups in total. The molecule has 20 heavy (non-hydrogen) atoms. The average molecular weight is 288 g/mol. The van der Waals surface area contributed by atoms with Crippen LogP contribution in [0.15, 0.2) is 0 Å². The van der Waals surface area contributed by atoms with Gasteiger partial charge >= 0.3 is 12.0 Å². The van der Waals surface area contributed by atoms with Gasteiger partial charge in [0.2, 0.25) is 0 Å². The standard InChI is InChI=1S/C13H24N2O5/c1-8(2)4-11(12(17)18)14-13(19)15-5-10(6-16)20-7-9(15)3/h8-11,16H,4-7H2,1-3H3,(H,14,19)(H,17,18)/t9?,10?,11-/m0/s1. The Morgan fingerprint density at radius 2 is 2.10 bits per heavy atom. The van der Waals surface area contributed by atoms with E-state index >= 15 is 0 Å². The van der Waals surface area contributed by atoms with E-state index in [0.29, 0.717) is 13.0 Å². The first-order valence-electron chi connectivity index (χ1n) is 6.87. The number of hydrogen-bond donors (Lipinski definition) is 3. The third-order valence-electron chi connectivity index (χ3n) is 3.27. The molecule has 0 aromatic heterocycles. The van der Waals surface area contributed by atoms with Gasteiger partial charge in [0, 0.05) is 0 Å². The lowest BCUT2D eigenvalue weighted by Gasteiger charge is -2.37. The lowest BCUT2D eigenvalue weighted by molar-refractivity contribution is -0.139. The number of amides is 2. The maximum atomic E-state index is 12.2. The molecule has 1 heterocycles. The van der Waals surface area contributed by atoms with Crippen LogP contribution in [0, 0.1) is 5.92 Å². The zero-order chi connectivity index (χ0) is 15.3. The normalized spacial score (nSPS) is 24.6. The van der Waals surface area contributed by atoms with Gasteiger partial charge in [-0.25, -0.2) is 9.59 Å². The molecule has 1 rings (SSSR count). The van der Waals surface area contributed by atoms with E-state index in [4.69, 9.17) is 14.9 Å². The van der Waals surface area contributed by atoms with Crippen molar-refractivity contribution in [3.63, 3.8) is 0 Å². The number of nitrogens with one attached hydrogen (secondary N) is 1. The number of carbonyl (C=O) groups excluding carboxylic acids is 1. The Bertz CT molecular complexity index is 348. The molecule has 1 saturated heterocycles. The fourth-order valence-electron chi connectivity index (χ4n) is 2.14. The Balaban J connectivity index is 2.64. The van der Waals surface area contributed by atoms with Gasteiger partial charge in [-0.1, -0.05) is 13.8 Å². The minimum Gasteiger partial charge on any atom is -0.480 e. The maximum absolute atomic E-state index is 12.2. The summed E-state index contributed by atoms with van der Waals surface area (Å²) in [6.07, 6.45) is -0.0335. The molecule has 0 saturated carbocycles. The lowest BCUT2D eigenvalue weighted by atomic mass is 10.0. The van der Waals surface area contributed by atoms with Crippen molar-refractivity contribution in [2.45, 2.75) is 45.4 Å². The highest BCUT2D eigenvalue weighted by Crippen LogP contribution is 2.13. The number of aliphatic hydroxyl groups excluding tert-OH is 1. The molecule has 0 radical (unpaired) electrons. The number of urea groups is 1. The topological polar surface area (TPSA) is 99.1 Å². The van der Waals surface area contributed by atoms with Crippen LogP contribution < -0.4 is 5.32 Å². The van der Waals surface area contributed by atoms with Gasteiger partial charge in [0.05, 0.1) is 31.9 Å². The SMILES string of the molecule is CC(C)C[C@H](NC(=O)N1CC(CO)OCC1C)C(=O)O. The van der Waals surface area contributed by atoms with Gasteiger partial charge in [-0.05, 0) is 19.3 Å². The van der Waals surface area contributed by atoms with Gasteiger partial charge < -0.3 is 25.2 Å². The van der Waals surface area contributed by atoms with Crippen LogP contribution in [0.4, 0.5) is 4.79 Å². The Hall–Kier alpha value is -1.34. The molecular weight excluding hydrogens is 264 g/mol. The third kappa shape index (κ3) is 4.64. The molecule has 3 atom stereocenters. The van der Waals surface area contributed by atoms with E-state index in [1.54, 1.807) is 0 Å². The summed E-state index contributed by atoms with van der Waals surface area (Å²) in [6, 6.07) is -1.47. The van der Waals surface area contributed by atoms with Crippen LogP contribution >= 0.6 is 0 Å². The molecule has 0 bridgehead atoms. The largest absolute Gasteiger partial charge is 0.480 e. The number of carboxylic acids is 1. The summed E-state index contributed by atoms with van der Waals surface area (Å²) in [5.41, 5.74) is 0. The number of nitrogens with zero attached hydrogens (tertiary/aromatic N) is 1. The van der Waals surface area contributed by atoms with Crippen molar-refractivity contribution < 1.29 is 24.5 Å². The quantitative estimate of drug-likeness (QED) is 0.674. The van der Waals surface area contributed by atoms with Crippen LogP contribution in [0.3, 0.4) is 0 Å². The Labute approximate surface area is 118 Å². The van der Waals surface area contributed by atoms with Crippen LogP contribution in [0.2, 0.25) is 0 Å². The van der Waals surface area contributed by atoms with E-state index in [-0.39, 0.29) is 25.1 Å². The molecular formula is C13H24N2O5. The summed E-state index contributed by atoms with van der Waals surface area (Å²) in [7, 11) is 0. The van der Waals surface area contributed by atoms with E-state index in [0.717, 1.165) is 0 Å². The summed E-state index contributed by atoms with van der Waals surface area (Å²) >= 11 is 0. The Morgan fingerprint density at radius 1 is 1.45 bits per heavy atom. The molecule has 0 aliphatic carbocycles. The number of carbonyl (C=O) groups is 2. The van der Waals surface area contributed by atoms with Gasteiger partial charge in [0.1, 0.15) is 6.04 Å². The lowest BCUT2D eigenvalue weighted by Crippen LogP contribution is -2.57. The maximum Gasteiger partial charge on any atom is 0.326 e. The minimum absolute atomic E-state index is 0.147. The molecule has 0 spiro atoms. The van der Waals surface area contributed by atoms with Gasteiger partial charge in [-0.3, -0.25) is 0 Å². The highest BCUT2D eigenvalue weighted by Gasteiger charge is 2.31. The van der Waals surface area contributed by atoms with Gasteiger partial charge in [-0.15, -0.1) is 0 Å². The third-order valence-corrected chi connectivity index (χ3v) is 3.27. The highest BCUT2D eigenvalue weighted by atomic mass is 16.5. The zero-order valence-corrected chi connectivity index (χ0v) is 12.2. The minimum atomic E-state index is -1.04. The van der Waals surface area contributed by atoms with Gasteiger partial charge in [-0.2, -0.15) is 0 Å². The van der Waals surface area contributed by atoms with E-state index < -0.39 is 24.1 Å². The molecule has 1 aliphatic rings. The summed E-state index contributed by atoms with van der Waals surface area (Å²) < 4.78 is 5.35. The van der Waals surface area contributed by atoms with Crippen molar-refractivity contribution in [1.29, 1.82) is 0 Å². The van der Waals surface area contributed by atoms with E-state index in [9.17, 15) is 9.59 Å². The van der Waals surface area contributed by atoms with E-state index in [2.05, 4.69) is 5.32 Å².